The van der Waals surface area contributed by atoms with E-state index in [0.29, 0.717) is 19.8 Å². The van der Waals surface area contributed by atoms with Crippen LogP contribution in [-0.4, -0.2) is 36.5 Å². The molecule has 0 saturated carbocycles. The highest BCUT2D eigenvalue weighted by Gasteiger charge is 2.06. The molecule has 0 unspecified atom stereocenters. The predicted molar refractivity (Wildman–Crippen MR) is 106 cm³/mol. The fourth-order valence-electron chi connectivity index (χ4n) is 2.02. The number of halogens is 1. The van der Waals surface area contributed by atoms with Crippen LogP contribution < -0.4 is 10.6 Å². The first-order valence-electron chi connectivity index (χ1n) is 8.13. The van der Waals surface area contributed by atoms with E-state index in [1.54, 1.807) is 6.26 Å². The Bertz CT molecular complexity index is 694. The molecule has 0 spiro atoms. The maximum absolute atomic E-state index is 11.8. The topological polar surface area (TPSA) is 80.6 Å². The third-order valence-corrected chi connectivity index (χ3v) is 4.61. The lowest BCUT2D eigenvalue weighted by atomic mass is 10.3. The van der Waals surface area contributed by atoms with E-state index in [-0.39, 0.29) is 23.3 Å². The minimum Gasteiger partial charge on any atom is -0.467 e. The number of thioether (sulfide) groups is 1. The lowest BCUT2D eigenvalue weighted by Gasteiger charge is -2.07. The molecule has 1 heterocycles. The van der Waals surface area contributed by atoms with Gasteiger partial charge < -0.3 is 19.8 Å². The van der Waals surface area contributed by atoms with Crippen molar-refractivity contribution in [3.8, 4) is 0 Å². The van der Waals surface area contributed by atoms with Gasteiger partial charge in [0.1, 0.15) is 12.4 Å². The van der Waals surface area contributed by atoms with Crippen molar-refractivity contribution in [1.29, 1.82) is 0 Å². The third-order valence-electron chi connectivity index (χ3n) is 3.19. The van der Waals surface area contributed by atoms with Crippen molar-refractivity contribution in [2.24, 2.45) is 0 Å². The van der Waals surface area contributed by atoms with Crippen LogP contribution in [-0.2, 0) is 20.9 Å². The third kappa shape index (κ3) is 8.55. The SMILES string of the molecule is O=C(CSCC(=O)Nc1cccc(Br)c1)NCCCOCc1ccco1. The number of nitrogens with one attached hydrogen (secondary N) is 2. The van der Waals surface area contributed by atoms with E-state index < -0.39 is 0 Å². The highest BCUT2D eigenvalue weighted by molar-refractivity contribution is 9.10. The van der Waals surface area contributed by atoms with E-state index >= 15 is 0 Å². The Morgan fingerprint density at radius 2 is 2.00 bits per heavy atom. The molecule has 1 aromatic heterocycles. The predicted octanol–water partition coefficient (Wildman–Crippen LogP) is 3.44. The van der Waals surface area contributed by atoms with Crippen molar-refractivity contribution < 1.29 is 18.7 Å². The minimum atomic E-state index is -0.132. The summed E-state index contributed by atoms with van der Waals surface area (Å²) in [5.41, 5.74) is 0.726. The van der Waals surface area contributed by atoms with Gasteiger partial charge in [0.05, 0.1) is 17.8 Å². The monoisotopic (exact) mass is 440 g/mol. The fourth-order valence-corrected chi connectivity index (χ4v) is 3.07. The first-order valence-corrected chi connectivity index (χ1v) is 10.1. The Balaban J connectivity index is 1.47. The van der Waals surface area contributed by atoms with Gasteiger partial charge in [0.15, 0.2) is 0 Å². The number of furan rings is 1. The summed E-state index contributed by atoms with van der Waals surface area (Å²) in [6.07, 6.45) is 2.33. The summed E-state index contributed by atoms with van der Waals surface area (Å²) < 4.78 is 11.5. The number of benzene rings is 1. The molecule has 0 aliphatic carbocycles. The van der Waals surface area contributed by atoms with Gasteiger partial charge in [0.2, 0.25) is 11.8 Å². The van der Waals surface area contributed by atoms with Gasteiger partial charge in [-0.3, -0.25) is 9.59 Å². The normalized spacial score (nSPS) is 10.5. The zero-order chi connectivity index (χ0) is 18.6. The van der Waals surface area contributed by atoms with E-state index in [9.17, 15) is 9.59 Å². The Morgan fingerprint density at radius 3 is 2.77 bits per heavy atom. The standard InChI is InChI=1S/C18H21BrN2O4S/c19-14-4-1-5-15(10-14)21-18(23)13-26-12-17(22)20-7-3-8-24-11-16-6-2-9-25-16/h1-2,4-6,9-10H,3,7-8,11-13H2,(H,20,22)(H,21,23). The van der Waals surface area contributed by atoms with Crippen LogP contribution in [0, 0.1) is 0 Å². The maximum Gasteiger partial charge on any atom is 0.234 e. The van der Waals surface area contributed by atoms with Crippen molar-refractivity contribution in [2.75, 3.05) is 30.0 Å². The molecule has 0 saturated heterocycles. The zero-order valence-corrected chi connectivity index (χ0v) is 16.6. The van der Waals surface area contributed by atoms with E-state index in [1.165, 1.54) is 11.8 Å². The molecular weight excluding hydrogens is 420 g/mol. The van der Waals surface area contributed by atoms with Crippen molar-refractivity contribution in [3.05, 3.63) is 52.9 Å². The summed E-state index contributed by atoms with van der Waals surface area (Å²) in [5.74, 6) is 1.04. The first-order chi connectivity index (χ1) is 12.6. The second kappa shape index (κ2) is 11.8. The number of carbonyl (C=O) groups is 2. The van der Waals surface area contributed by atoms with Crippen LogP contribution in [0.15, 0.2) is 51.6 Å². The molecule has 0 radical (unpaired) electrons. The molecule has 6 nitrogen and oxygen atoms in total. The molecular formula is C18H21BrN2O4S. The molecule has 26 heavy (non-hydrogen) atoms. The molecule has 0 bridgehead atoms. The lowest BCUT2D eigenvalue weighted by molar-refractivity contribution is -0.118. The molecule has 8 heteroatoms. The molecule has 0 fully saturated rings. The number of hydrogen-bond acceptors (Lipinski definition) is 5. The van der Waals surface area contributed by atoms with E-state index in [0.717, 1.165) is 22.3 Å². The Hall–Kier alpha value is -1.77. The smallest absolute Gasteiger partial charge is 0.234 e. The average Bonchev–Trinajstić information content (AvgIpc) is 3.11. The molecule has 2 aromatic rings. The van der Waals surface area contributed by atoms with Crippen molar-refractivity contribution in [3.63, 3.8) is 0 Å². The van der Waals surface area contributed by atoms with Gasteiger partial charge in [0, 0.05) is 23.3 Å². The van der Waals surface area contributed by atoms with Crippen molar-refractivity contribution in [2.45, 2.75) is 13.0 Å². The average molecular weight is 441 g/mol. The van der Waals surface area contributed by atoms with E-state index in [2.05, 4.69) is 26.6 Å². The largest absolute Gasteiger partial charge is 0.467 e. The van der Waals surface area contributed by atoms with Crippen LogP contribution in [0.2, 0.25) is 0 Å². The van der Waals surface area contributed by atoms with E-state index in [4.69, 9.17) is 9.15 Å². The van der Waals surface area contributed by atoms with Gasteiger partial charge in [-0.1, -0.05) is 22.0 Å². The maximum atomic E-state index is 11.8. The first kappa shape index (κ1) is 20.5. The van der Waals surface area contributed by atoms with Crippen molar-refractivity contribution in [1.82, 2.24) is 5.32 Å². The fraction of sp³-hybridized carbons (Fsp3) is 0.333. The van der Waals surface area contributed by atoms with Gasteiger partial charge in [-0.2, -0.15) is 0 Å². The molecule has 0 aliphatic heterocycles. The summed E-state index contributed by atoms with van der Waals surface area (Å²) in [6, 6.07) is 11.0. The second-order valence-corrected chi connectivity index (χ2v) is 7.29. The van der Waals surface area contributed by atoms with Crippen LogP contribution in [0.4, 0.5) is 5.69 Å². The Kier molecular flexibility index (Phi) is 9.30. The second-order valence-electron chi connectivity index (χ2n) is 5.39. The van der Waals surface area contributed by atoms with Crippen molar-refractivity contribution >= 4 is 45.2 Å². The van der Waals surface area contributed by atoms with Crippen LogP contribution >= 0.6 is 27.7 Å². The van der Waals surface area contributed by atoms with Gasteiger partial charge >= 0.3 is 0 Å². The van der Waals surface area contributed by atoms with Crippen LogP contribution in [0.5, 0.6) is 0 Å². The molecule has 1 aromatic carbocycles. The summed E-state index contributed by atoms with van der Waals surface area (Å²) in [6.45, 7) is 1.52. The Labute approximate surface area is 165 Å². The molecule has 2 rings (SSSR count). The molecule has 0 atom stereocenters. The molecule has 2 amide bonds. The van der Waals surface area contributed by atoms with Gasteiger partial charge in [0.25, 0.3) is 0 Å². The summed E-state index contributed by atoms with van der Waals surface area (Å²) in [7, 11) is 0. The summed E-state index contributed by atoms with van der Waals surface area (Å²) >= 11 is 4.63. The van der Waals surface area contributed by atoms with E-state index in [1.807, 2.05) is 36.4 Å². The summed E-state index contributed by atoms with van der Waals surface area (Å²) in [4.78, 5) is 23.6. The number of rotatable bonds is 11. The lowest BCUT2D eigenvalue weighted by Crippen LogP contribution is -2.27. The quantitative estimate of drug-likeness (QED) is 0.523. The number of anilines is 1. The van der Waals surface area contributed by atoms with Gasteiger partial charge in [-0.05, 0) is 36.8 Å². The minimum absolute atomic E-state index is 0.0868. The van der Waals surface area contributed by atoms with Gasteiger partial charge in [-0.25, -0.2) is 0 Å². The number of carbonyl (C=O) groups excluding carboxylic acids is 2. The number of hydrogen-bond donors (Lipinski definition) is 2. The highest BCUT2D eigenvalue weighted by Crippen LogP contribution is 2.15. The molecule has 0 aliphatic rings. The van der Waals surface area contributed by atoms with Crippen LogP contribution in [0.1, 0.15) is 12.2 Å². The Morgan fingerprint density at radius 1 is 1.15 bits per heavy atom. The zero-order valence-electron chi connectivity index (χ0n) is 14.2. The number of amides is 2. The van der Waals surface area contributed by atoms with Gasteiger partial charge in [-0.15, -0.1) is 11.8 Å². The number of ether oxygens (including phenoxy) is 1. The molecule has 140 valence electrons. The van der Waals surface area contributed by atoms with Crippen LogP contribution in [0.25, 0.3) is 0 Å². The summed E-state index contributed by atoms with van der Waals surface area (Å²) in [5, 5.41) is 5.59. The highest BCUT2D eigenvalue weighted by atomic mass is 79.9. The van der Waals surface area contributed by atoms with Crippen LogP contribution in [0.3, 0.4) is 0 Å². The molecule has 2 N–H and O–H groups in total.